The summed E-state index contributed by atoms with van der Waals surface area (Å²) in [5, 5.41) is 11.2. The highest BCUT2D eigenvalue weighted by atomic mass is 16.5. The second kappa shape index (κ2) is 7.65. The fourth-order valence-corrected chi connectivity index (χ4v) is 7.32. The highest BCUT2D eigenvalue weighted by Crippen LogP contribution is 2.61. The molecule has 2 aromatic rings. The summed E-state index contributed by atoms with van der Waals surface area (Å²) in [6, 6.07) is 13.0. The van der Waals surface area contributed by atoms with Gasteiger partial charge in [0.05, 0.1) is 18.9 Å². The Labute approximate surface area is 180 Å². The van der Waals surface area contributed by atoms with E-state index in [1.807, 2.05) is 18.3 Å². The molecule has 1 aromatic heterocycles. The van der Waals surface area contributed by atoms with Gasteiger partial charge in [-0.2, -0.15) is 0 Å². The van der Waals surface area contributed by atoms with Crippen LogP contribution in [0.15, 0.2) is 42.6 Å². The van der Waals surface area contributed by atoms with Crippen LogP contribution in [0.4, 0.5) is 0 Å². The molecule has 0 spiro atoms. The van der Waals surface area contributed by atoms with E-state index in [0.717, 1.165) is 30.8 Å². The van der Waals surface area contributed by atoms with Gasteiger partial charge in [-0.3, -0.25) is 9.88 Å². The SMILES string of the molecule is COc1ccc2c(c1)CC[C@@H]1[C@@H]2CC[C@]2(C)[C@@H](N(C)Cc3ccccn3)[C@@H](O)C[C@@H]12. The van der Waals surface area contributed by atoms with Crippen molar-refractivity contribution in [2.75, 3.05) is 14.2 Å². The van der Waals surface area contributed by atoms with Gasteiger partial charge in [-0.05, 0) is 97.7 Å². The van der Waals surface area contributed by atoms with Gasteiger partial charge in [-0.1, -0.05) is 19.1 Å². The zero-order chi connectivity index (χ0) is 20.9. The van der Waals surface area contributed by atoms with Crippen molar-refractivity contribution in [3.63, 3.8) is 0 Å². The maximum absolute atomic E-state index is 11.2. The molecule has 4 heteroatoms. The second-order valence-electron chi connectivity index (χ2n) is 10.0. The second-order valence-corrected chi connectivity index (χ2v) is 10.0. The van der Waals surface area contributed by atoms with Crippen LogP contribution in [0.3, 0.4) is 0 Å². The van der Waals surface area contributed by atoms with Crippen molar-refractivity contribution in [3.8, 4) is 5.75 Å². The van der Waals surface area contributed by atoms with Crippen LogP contribution >= 0.6 is 0 Å². The maximum atomic E-state index is 11.2. The van der Waals surface area contributed by atoms with Crippen molar-refractivity contribution in [3.05, 3.63) is 59.4 Å². The van der Waals surface area contributed by atoms with Crippen molar-refractivity contribution in [2.45, 2.75) is 63.6 Å². The molecule has 6 atom stereocenters. The molecule has 0 unspecified atom stereocenters. The summed E-state index contributed by atoms with van der Waals surface area (Å²) < 4.78 is 5.46. The number of aryl methyl sites for hydroxylation is 1. The molecular weight excluding hydrogens is 372 g/mol. The van der Waals surface area contributed by atoms with Crippen molar-refractivity contribution in [1.82, 2.24) is 9.88 Å². The zero-order valence-corrected chi connectivity index (χ0v) is 18.4. The molecule has 1 aromatic carbocycles. The minimum atomic E-state index is -0.260. The monoisotopic (exact) mass is 406 g/mol. The van der Waals surface area contributed by atoms with Crippen LogP contribution in [-0.4, -0.2) is 41.3 Å². The summed E-state index contributed by atoms with van der Waals surface area (Å²) in [7, 11) is 3.92. The van der Waals surface area contributed by atoms with Gasteiger partial charge in [0.1, 0.15) is 5.75 Å². The predicted molar refractivity (Wildman–Crippen MR) is 118 cm³/mol. The van der Waals surface area contributed by atoms with E-state index in [0.29, 0.717) is 17.8 Å². The number of ether oxygens (including phenoxy) is 1. The lowest BCUT2D eigenvalue weighted by atomic mass is 9.55. The number of aliphatic hydroxyl groups is 1. The number of likely N-dealkylation sites (N-methyl/N-ethyl adjacent to an activating group) is 1. The molecule has 30 heavy (non-hydrogen) atoms. The average molecular weight is 407 g/mol. The number of fused-ring (bicyclic) bond motifs is 5. The lowest BCUT2D eigenvalue weighted by Crippen LogP contribution is -2.51. The third-order valence-electron chi connectivity index (χ3n) is 8.52. The molecule has 1 N–H and O–H groups in total. The summed E-state index contributed by atoms with van der Waals surface area (Å²) >= 11 is 0. The van der Waals surface area contributed by atoms with E-state index in [1.165, 1.54) is 30.4 Å². The van der Waals surface area contributed by atoms with Gasteiger partial charge in [0.25, 0.3) is 0 Å². The third kappa shape index (κ3) is 3.16. The van der Waals surface area contributed by atoms with Gasteiger partial charge in [0.2, 0.25) is 0 Å². The average Bonchev–Trinajstić information content (AvgIpc) is 3.03. The molecule has 0 saturated heterocycles. The van der Waals surface area contributed by atoms with E-state index in [9.17, 15) is 5.11 Å². The maximum Gasteiger partial charge on any atom is 0.119 e. The Morgan fingerprint density at radius 2 is 2.10 bits per heavy atom. The molecule has 3 aliphatic rings. The number of aliphatic hydroxyl groups excluding tert-OH is 1. The first-order valence-corrected chi connectivity index (χ1v) is 11.5. The van der Waals surface area contributed by atoms with Gasteiger partial charge < -0.3 is 9.84 Å². The fraction of sp³-hybridized carbons (Fsp3) is 0.577. The molecule has 0 radical (unpaired) electrons. The van der Waals surface area contributed by atoms with E-state index in [4.69, 9.17) is 4.74 Å². The van der Waals surface area contributed by atoms with Gasteiger partial charge in [-0.15, -0.1) is 0 Å². The zero-order valence-electron chi connectivity index (χ0n) is 18.4. The summed E-state index contributed by atoms with van der Waals surface area (Å²) in [4.78, 5) is 6.88. The molecule has 3 aliphatic carbocycles. The Hall–Kier alpha value is -1.91. The third-order valence-corrected chi connectivity index (χ3v) is 8.52. The number of aromatic nitrogens is 1. The lowest BCUT2D eigenvalue weighted by molar-refractivity contribution is -0.0145. The van der Waals surface area contributed by atoms with Gasteiger partial charge in [-0.25, -0.2) is 0 Å². The van der Waals surface area contributed by atoms with Crippen LogP contribution in [-0.2, 0) is 13.0 Å². The van der Waals surface area contributed by atoms with Gasteiger partial charge in [0, 0.05) is 18.8 Å². The molecule has 2 saturated carbocycles. The Balaban J connectivity index is 1.40. The van der Waals surface area contributed by atoms with E-state index >= 15 is 0 Å². The van der Waals surface area contributed by atoms with E-state index in [1.54, 1.807) is 7.11 Å². The first kappa shape index (κ1) is 20.0. The van der Waals surface area contributed by atoms with Crippen LogP contribution in [0.5, 0.6) is 5.75 Å². The number of hydrogen-bond acceptors (Lipinski definition) is 4. The Morgan fingerprint density at radius 1 is 1.23 bits per heavy atom. The summed E-state index contributed by atoms with van der Waals surface area (Å²) in [6.07, 6.45) is 7.29. The molecule has 0 aliphatic heterocycles. The largest absolute Gasteiger partial charge is 0.497 e. The van der Waals surface area contributed by atoms with Crippen LogP contribution < -0.4 is 4.74 Å². The molecule has 1 heterocycles. The van der Waals surface area contributed by atoms with E-state index in [2.05, 4.69) is 48.1 Å². The van der Waals surface area contributed by atoms with Crippen LogP contribution in [0.25, 0.3) is 0 Å². The standard InChI is InChI=1S/C26H34N2O2/c1-26-12-11-21-20-10-8-19(30-3)14-17(20)7-9-22(21)23(26)15-24(29)25(26)28(2)16-18-6-4-5-13-27-18/h4-6,8,10,13-14,21-25,29H,7,9,11-12,15-16H2,1-3H3/t21-,22-,23+,24+,25+,26+/m1/s1. The van der Waals surface area contributed by atoms with Crippen molar-refractivity contribution in [2.24, 2.45) is 17.3 Å². The Morgan fingerprint density at radius 3 is 2.87 bits per heavy atom. The highest BCUT2D eigenvalue weighted by Gasteiger charge is 2.59. The number of hydrogen-bond donors (Lipinski definition) is 1. The number of nitrogens with zero attached hydrogens (tertiary/aromatic N) is 2. The summed E-state index contributed by atoms with van der Waals surface area (Å²) in [6.45, 7) is 3.24. The minimum absolute atomic E-state index is 0.161. The number of rotatable bonds is 4. The fourth-order valence-electron chi connectivity index (χ4n) is 7.32. The van der Waals surface area contributed by atoms with Crippen molar-refractivity contribution in [1.29, 1.82) is 0 Å². The van der Waals surface area contributed by atoms with E-state index < -0.39 is 0 Å². The van der Waals surface area contributed by atoms with Gasteiger partial charge >= 0.3 is 0 Å². The number of pyridine rings is 1. The van der Waals surface area contributed by atoms with Gasteiger partial charge in [0.15, 0.2) is 0 Å². The van der Waals surface area contributed by atoms with Crippen molar-refractivity contribution < 1.29 is 9.84 Å². The van der Waals surface area contributed by atoms with Crippen LogP contribution in [0.1, 0.15) is 55.3 Å². The summed E-state index contributed by atoms with van der Waals surface area (Å²) in [5.74, 6) is 2.86. The quantitative estimate of drug-likeness (QED) is 0.817. The smallest absolute Gasteiger partial charge is 0.119 e. The topological polar surface area (TPSA) is 45.6 Å². The molecule has 160 valence electrons. The van der Waals surface area contributed by atoms with Crippen LogP contribution in [0, 0.1) is 17.3 Å². The lowest BCUT2D eigenvalue weighted by Gasteiger charge is -2.52. The van der Waals surface area contributed by atoms with Crippen molar-refractivity contribution >= 4 is 0 Å². The van der Waals surface area contributed by atoms with E-state index in [-0.39, 0.29) is 17.6 Å². The Kier molecular flexibility index (Phi) is 5.11. The number of methoxy groups -OCH3 is 1. The first-order chi connectivity index (χ1) is 14.5. The molecule has 0 amide bonds. The number of benzene rings is 1. The Bertz CT molecular complexity index is 901. The molecule has 2 fully saturated rings. The first-order valence-electron chi connectivity index (χ1n) is 11.5. The summed E-state index contributed by atoms with van der Waals surface area (Å²) in [5.41, 5.74) is 4.25. The normalized spacial score (nSPS) is 34.9. The molecule has 4 nitrogen and oxygen atoms in total. The molecular formula is C26H34N2O2. The highest BCUT2D eigenvalue weighted by molar-refractivity contribution is 5.40. The molecule has 5 rings (SSSR count). The van der Waals surface area contributed by atoms with Crippen LogP contribution in [0.2, 0.25) is 0 Å². The molecule has 0 bridgehead atoms. The predicted octanol–water partition coefficient (Wildman–Crippen LogP) is 4.42. The minimum Gasteiger partial charge on any atom is -0.497 e.